The zero-order valence-corrected chi connectivity index (χ0v) is 26.9. The third-order valence-electron chi connectivity index (χ3n) is 10.4. The minimum atomic E-state index is -0.182. The molecule has 0 N–H and O–H groups in total. The minimum Gasteiger partial charge on any atom is -0.456 e. The number of hydrogen-bond donors (Lipinski definition) is 0. The van der Waals surface area contributed by atoms with Crippen molar-refractivity contribution in [3.05, 3.63) is 163 Å². The molecule has 1 aliphatic rings. The van der Waals surface area contributed by atoms with Crippen molar-refractivity contribution in [2.45, 2.75) is 26.2 Å². The number of para-hydroxylation sites is 1. The Hall–Kier alpha value is -5.66. The van der Waals surface area contributed by atoms with Gasteiger partial charge in [-0.2, -0.15) is 0 Å². The summed E-state index contributed by atoms with van der Waals surface area (Å²) in [5.41, 5.74) is 11.9. The molecule has 7 aromatic carbocycles. The third-order valence-corrected chi connectivity index (χ3v) is 10.4. The Labute approximate surface area is 274 Å². The van der Waals surface area contributed by atoms with Crippen LogP contribution in [0.1, 0.15) is 31.9 Å². The van der Waals surface area contributed by atoms with Gasteiger partial charge in [0.05, 0.1) is 0 Å². The number of benzene rings is 7. The molecule has 1 nitrogen and oxygen atoms in total. The molecule has 1 aliphatic carbocycles. The monoisotopic (exact) mass is 602 g/mol. The summed E-state index contributed by atoms with van der Waals surface area (Å²) < 4.78 is 6.21. The highest BCUT2D eigenvalue weighted by Gasteiger charge is 2.37. The maximum atomic E-state index is 6.21. The van der Waals surface area contributed by atoms with E-state index < -0.39 is 0 Å². The van der Waals surface area contributed by atoms with Crippen molar-refractivity contribution in [3.8, 4) is 22.3 Å². The molecule has 0 saturated heterocycles. The van der Waals surface area contributed by atoms with Crippen LogP contribution in [0.25, 0.3) is 82.1 Å². The first-order chi connectivity index (χ1) is 23.0. The Bertz CT molecular complexity index is 2620. The second-order valence-electron chi connectivity index (χ2n) is 13.2. The zero-order valence-electron chi connectivity index (χ0n) is 26.9. The second-order valence-corrected chi connectivity index (χ2v) is 13.2. The van der Waals surface area contributed by atoms with Crippen molar-refractivity contribution >= 4 is 59.8 Å². The summed E-state index contributed by atoms with van der Waals surface area (Å²) in [4.78, 5) is 0. The first-order valence-electron chi connectivity index (χ1n) is 16.4. The van der Waals surface area contributed by atoms with Crippen LogP contribution in [-0.2, 0) is 5.41 Å². The van der Waals surface area contributed by atoms with Gasteiger partial charge in [0, 0.05) is 16.2 Å². The maximum absolute atomic E-state index is 6.21. The average Bonchev–Trinajstić information content (AvgIpc) is 3.57. The van der Waals surface area contributed by atoms with Crippen LogP contribution < -0.4 is 0 Å². The van der Waals surface area contributed by atoms with Crippen LogP contribution >= 0.6 is 0 Å². The Morgan fingerprint density at radius 2 is 1.09 bits per heavy atom. The van der Waals surface area contributed by atoms with E-state index in [9.17, 15) is 0 Å². The van der Waals surface area contributed by atoms with Gasteiger partial charge < -0.3 is 4.42 Å². The normalized spacial score (nSPS) is 14.4. The fraction of sp³-hybridized carbons (Fsp3) is 0.0870. The molecule has 1 heteroatoms. The van der Waals surface area contributed by atoms with E-state index in [1.165, 1.54) is 76.8 Å². The van der Waals surface area contributed by atoms with Gasteiger partial charge >= 0.3 is 0 Å². The fourth-order valence-corrected chi connectivity index (χ4v) is 8.30. The van der Waals surface area contributed by atoms with Gasteiger partial charge in [-0.1, -0.05) is 136 Å². The number of fused-ring (bicyclic) bond motifs is 8. The molecule has 0 amide bonds. The number of furan rings is 1. The molecule has 0 aliphatic heterocycles. The molecule has 8 aromatic rings. The van der Waals surface area contributed by atoms with E-state index in [1.54, 1.807) is 0 Å². The number of rotatable bonds is 4. The standard InChI is InChI=1S/C46H34O/c1-5-15-36-39(6-2)46(3,4)40-27-38(29-16-7-8-18-31(29)45(36)40)44-34-21-11-9-19-32(34)43(33-20-10-12-22-35(33)44)28-24-25-42-37(26-28)30-17-13-14-23-41(30)47-42/h5-27H,2H2,1,3-4H3/b15-5-. The number of hydrogen-bond acceptors (Lipinski definition) is 1. The van der Waals surface area contributed by atoms with E-state index in [2.05, 4.69) is 155 Å². The molecule has 1 aromatic heterocycles. The molecule has 0 unspecified atom stereocenters. The molecule has 0 saturated carbocycles. The van der Waals surface area contributed by atoms with Crippen molar-refractivity contribution < 1.29 is 4.42 Å². The van der Waals surface area contributed by atoms with E-state index in [4.69, 9.17) is 4.42 Å². The quantitative estimate of drug-likeness (QED) is 0.183. The molecule has 0 atom stereocenters. The topological polar surface area (TPSA) is 13.1 Å². The van der Waals surface area contributed by atoms with Gasteiger partial charge in [0.1, 0.15) is 11.2 Å². The second kappa shape index (κ2) is 10.2. The molecule has 0 bridgehead atoms. The van der Waals surface area contributed by atoms with Gasteiger partial charge in [0.15, 0.2) is 0 Å². The van der Waals surface area contributed by atoms with Crippen LogP contribution in [-0.4, -0.2) is 0 Å². The predicted molar refractivity (Wildman–Crippen MR) is 202 cm³/mol. The first-order valence-corrected chi connectivity index (χ1v) is 16.4. The lowest BCUT2D eigenvalue weighted by Gasteiger charge is -2.25. The molecular formula is C46H34O. The molecule has 47 heavy (non-hydrogen) atoms. The summed E-state index contributed by atoms with van der Waals surface area (Å²) in [6, 6.07) is 44.3. The van der Waals surface area contributed by atoms with Gasteiger partial charge in [-0.05, 0) is 108 Å². The summed E-state index contributed by atoms with van der Waals surface area (Å²) in [5, 5.41) is 9.84. The molecular weight excluding hydrogens is 569 g/mol. The summed E-state index contributed by atoms with van der Waals surface area (Å²) in [5.74, 6) is 0. The summed E-state index contributed by atoms with van der Waals surface area (Å²) in [7, 11) is 0. The van der Waals surface area contributed by atoms with Crippen molar-refractivity contribution in [2.75, 3.05) is 0 Å². The van der Waals surface area contributed by atoms with Crippen LogP contribution in [0, 0.1) is 0 Å². The van der Waals surface area contributed by atoms with Crippen molar-refractivity contribution in [1.82, 2.24) is 0 Å². The summed E-state index contributed by atoms with van der Waals surface area (Å²) in [6.07, 6.45) is 6.47. The first kappa shape index (κ1) is 27.6. The highest BCUT2D eigenvalue weighted by molar-refractivity contribution is 6.25. The lowest BCUT2D eigenvalue weighted by atomic mass is 9.78. The molecule has 224 valence electrons. The van der Waals surface area contributed by atoms with Crippen LogP contribution in [0.4, 0.5) is 0 Å². The van der Waals surface area contributed by atoms with Gasteiger partial charge in [0.2, 0.25) is 0 Å². The molecule has 0 radical (unpaired) electrons. The molecule has 9 rings (SSSR count). The highest BCUT2D eigenvalue weighted by atomic mass is 16.3. The Morgan fingerprint density at radius 3 is 1.70 bits per heavy atom. The van der Waals surface area contributed by atoms with Gasteiger partial charge in [-0.3, -0.25) is 0 Å². The summed E-state index contributed by atoms with van der Waals surface area (Å²) >= 11 is 0. The Kier molecular flexibility index (Phi) is 5.98. The van der Waals surface area contributed by atoms with Crippen molar-refractivity contribution in [2.24, 2.45) is 0 Å². The molecule has 0 fully saturated rings. The van der Waals surface area contributed by atoms with Crippen LogP contribution in [0.5, 0.6) is 0 Å². The van der Waals surface area contributed by atoms with E-state index in [1.807, 2.05) is 12.1 Å². The SMILES string of the molecule is C=CC1=C(/C=C\C)c2c(cc(-c3c4ccccc4c(-c4ccc5oc6ccccc6c5c4)c4ccccc34)c3ccccc23)C1(C)C. The Morgan fingerprint density at radius 1 is 0.553 bits per heavy atom. The number of allylic oxidation sites excluding steroid dienone is 5. The van der Waals surface area contributed by atoms with Crippen LogP contribution in [0.3, 0.4) is 0 Å². The minimum absolute atomic E-state index is 0.182. The lowest BCUT2D eigenvalue weighted by Crippen LogP contribution is -2.16. The summed E-state index contributed by atoms with van der Waals surface area (Å²) in [6.45, 7) is 11.0. The van der Waals surface area contributed by atoms with E-state index in [0.717, 1.165) is 21.9 Å². The zero-order chi connectivity index (χ0) is 31.9. The lowest BCUT2D eigenvalue weighted by molar-refractivity contribution is 0.655. The third kappa shape index (κ3) is 3.84. The largest absolute Gasteiger partial charge is 0.456 e. The van der Waals surface area contributed by atoms with Crippen molar-refractivity contribution in [1.29, 1.82) is 0 Å². The molecule has 1 heterocycles. The fourth-order valence-electron chi connectivity index (χ4n) is 8.30. The van der Waals surface area contributed by atoms with E-state index in [0.29, 0.717) is 0 Å². The van der Waals surface area contributed by atoms with Crippen LogP contribution in [0.15, 0.2) is 156 Å². The predicted octanol–water partition coefficient (Wildman–Crippen LogP) is 13.2. The van der Waals surface area contributed by atoms with Gasteiger partial charge in [-0.15, -0.1) is 0 Å². The van der Waals surface area contributed by atoms with E-state index in [-0.39, 0.29) is 5.41 Å². The highest BCUT2D eigenvalue weighted by Crippen LogP contribution is 2.53. The van der Waals surface area contributed by atoms with Gasteiger partial charge in [0.25, 0.3) is 0 Å². The van der Waals surface area contributed by atoms with Crippen molar-refractivity contribution in [3.63, 3.8) is 0 Å². The smallest absolute Gasteiger partial charge is 0.135 e. The average molecular weight is 603 g/mol. The van der Waals surface area contributed by atoms with Crippen LogP contribution in [0.2, 0.25) is 0 Å². The maximum Gasteiger partial charge on any atom is 0.135 e. The van der Waals surface area contributed by atoms with Gasteiger partial charge in [-0.25, -0.2) is 0 Å². The Balaban J connectivity index is 1.41. The molecule has 0 spiro atoms. The van der Waals surface area contributed by atoms with E-state index >= 15 is 0 Å².